The maximum Gasteiger partial charge on any atom is 0.328 e. The first-order valence-electron chi connectivity index (χ1n) is 6.62. The maximum absolute atomic E-state index is 13.8. The van der Waals surface area contributed by atoms with Crippen molar-refractivity contribution in [3.05, 3.63) is 41.2 Å². The van der Waals surface area contributed by atoms with E-state index < -0.39 is 17.7 Å². The molecule has 1 rings (SSSR count). The molecular weight excluding hydrogens is 273 g/mol. The molecule has 0 spiro atoms. The number of amides is 1. The van der Waals surface area contributed by atoms with Crippen molar-refractivity contribution in [3.63, 3.8) is 0 Å². The van der Waals surface area contributed by atoms with Crippen molar-refractivity contribution in [1.82, 2.24) is 5.32 Å². The normalized spacial score (nSPS) is 13.2. The van der Waals surface area contributed by atoms with Crippen LogP contribution >= 0.6 is 0 Å². The molecule has 1 unspecified atom stereocenters. The van der Waals surface area contributed by atoms with Crippen molar-refractivity contribution in [2.24, 2.45) is 5.41 Å². The monoisotopic (exact) mass is 293 g/mol. The van der Waals surface area contributed by atoms with Crippen LogP contribution in [0.3, 0.4) is 0 Å². The van der Waals surface area contributed by atoms with E-state index in [0.29, 0.717) is 5.56 Å². The van der Waals surface area contributed by atoms with Crippen LogP contribution in [0.5, 0.6) is 0 Å². The van der Waals surface area contributed by atoms with E-state index in [-0.39, 0.29) is 17.0 Å². The summed E-state index contributed by atoms with van der Waals surface area (Å²) in [5.41, 5.74) is 0.207. The Bertz CT molecular complexity index is 573. The lowest BCUT2D eigenvalue weighted by Gasteiger charge is -2.28. The maximum atomic E-state index is 13.8. The molecule has 1 aromatic rings. The molecule has 0 radical (unpaired) electrons. The van der Waals surface area contributed by atoms with Crippen LogP contribution in [0.25, 0.3) is 6.08 Å². The van der Waals surface area contributed by atoms with E-state index >= 15 is 0 Å². The second kappa shape index (κ2) is 6.52. The molecule has 21 heavy (non-hydrogen) atoms. The summed E-state index contributed by atoms with van der Waals surface area (Å²) in [6, 6.07) is 3.76. The van der Waals surface area contributed by atoms with Gasteiger partial charge in [-0.1, -0.05) is 26.8 Å². The highest BCUT2D eigenvalue weighted by molar-refractivity contribution is 5.95. The Morgan fingerprint density at radius 2 is 1.95 bits per heavy atom. The lowest BCUT2D eigenvalue weighted by Crippen LogP contribution is -2.41. The van der Waals surface area contributed by atoms with Crippen molar-refractivity contribution in [2.45, 2.75) is 33.7 Å². The summed E-state index contributed by atoms with van der Waals surface area (Å²) in [6.07, 6.45) is 2.25. The summed E-state index contributed by atoms with van der Waals surface area (Å²) in [4.78, 5) is 22.6. The molecule has 1 aromatic carbocycles. The molecule has 0 heterocycles. The summed E-state index contributed by atoms with van der Waals surface area (Å²) < 4.78 is 13.8. The smallest absolute Gasteiger partial charge is 0.328 e. The van der Waals surface area contributed by atoms with Gasteiger partial charge in [0, 0.05) is 12.1 Å². The number of hydrogen-bond acceptors (Lipinski definition) is 2. The number of aliphatic carboxylic acids is 1. The van der Waals surface area contributed by atoms with Crippen molar-refractivity contribution in [1.29, 1.82) is 0 Å². The molecule has 0 saturated carbocycles. The van der Waals surface area contributed by atoms with Crippen LogP contribution in [0, 0.1) is 11.2 Å². The molecule has 0 fully saturated rings. The lowest BCUT2D eigenvalue weighted by molar-refractivity contribution is -0.131. The fraction of sp³-hybridized carbons (Fsp3) is 0.375. The van der Waals surface area contributed by atoms with Crippen molar-refractivity contribution >= 4 is 18.0 Å². The molecule has 114 valence electrons. The SMILES string of the molecule is CC(NC(=O)c1cc(/C=C/C(=O)O)ccc1F)C(C)(C)C. The number of nitrogens with one attached hydrogen (secondary N) is 1. The van der Waals surface area contributed by atoms with Crippen LogP contribution in [0.2, 0.25) is 0 Å². The van der Waals surface area contributed by atoms with Gasteiger partial charge in [0.05, 0.1) is 5.56 Å². The Labute approximate surface area is 123 Å². The summed E-state index contributed by atoms with van der Waals surface area (Å²) in [5, 5.41) is 11.3. The van der Waals surface area contributed by atoms with Gasteiger partial charge in [-0.15, -0.1) is 0 Å². The average Bonchev–Trinajstić information content (AvgIpc) is 2.36. The third kappa shape index (κ3) is 5.02. The zero-order valence-corrected chi connectivity index (χ0v) is 12.6. The zero-order valence-electron chi connectivity index (χ0n) is 12.6. The summed E-state index contributed by atoms with van der Waals surface area (Å²) in [7, 11) is 0. The third-order valence-electron chi connectivity index (χ3n) is 3.30. The summed E-state index contributed by atoms with van der Waals surface area (Å²) >= 11 is 0. The molecule has 0 aliphatic carbocycles. The first-order valence-corrected chi connectivity index (χ1v) is 6.62. The molecule has 0 saturated heterocycles. The predicted molar refractivity (Wildman–Crippen MR) is 79.5 cm³/mol. The van der Waals surface area contributed by atoms with E-state index in [0.717, 1.165) is 12.1 Å². The molecular formula is C16H20FNO3. The number of carboxylic acids is 1. The average molecular weight is 293 g/mol. The fourth-order valence-corrected chi connectivity index (χ4v) is 1.48. The first-order chi connectivity index (χ1) is 9.61. The van der Waals surface area contributed by atoms with Gasteiger partial charge in [-0.2, -0.15) is 0 Å². The van der Waals surface area contributed by atoms with Gasteiger partial charge in [-0.3, -0.25) is 4.79 Å². The van der Waals surface area contributed by atoms with Crippen LogP contribution in [0.15, 0.2) is 24.3 Å². The highest BCUT2D eigenvalue weighted by Gasteiger charge is 2.23. The fourth-order valence-electron chi connectivity index (χ4n) is 1.48. The number of benzene rings is 1. The van der Waals surface area contributed by atoms with Crippen LogP contribution < -0.4 is 5.32 Å². The molecule has 5 heteroatoms. The number of halogens is 1. The van der Waals surface area contributed by atoms with Crippen molar-refractivity contribution in [2.75, 3.05) is 0 Å². The van der Waals surface area contributed by atoms with Gasteiger partial charge in [0.25, 0.3) is 5.91 Å². The van der Waals surface area contributed by atoms with Crippen LogP contribution in [0.1, 0.15) is 43.6 Å². The summed E-state index contributed by atoms with van der Waals surface area (Å²) in [6.45, 7) is 7.77. The minimum absolute atomic E-state index is 0.0985. The molecule has 0 aromatic heterocycles. The molecule has 2 N–H and O–H groups in total. The topological polar surface area (TPSA) is 66.4 Å². The number of carbonyl (C=O) groups excluding carboxylic acids is 1. The van der Waals surface area contributed by atoms with Crippen LogP contribution in [-0.4, -0.2) is 23.0 Å². The van der Waals surface area contributed by atoms with Crippen LogP contribution in [0.4, 0.5) is 4.39 Å². The Kier molecular flexibility index (Phi) is 5.24. The number of rotatable bonds is 4. The second-order valence-corrected chi connectivity index (χ2v) is 5.97. The Morgan fingerprint density at radius 1 is 1.33 bits per heavy atom. The predicted octanol–water partition coefficient (Wildman–Crippen LogP) is 3.09. The Morgan fingerprint density at radius 3 is 2.48 bits per heavy atom. The van der Waals surface area contributed by atoms with Crippen molar-refractivity contribution in [3.8, 4) is 0 Å². The highest BCUT2D eigenvalue weighted by Crippen LogP contribution is 2.20. The van der Waals surface area contributed by atoms with E-state index in [9.17, 15) is 14.0 Å². The highest BCUT2D eigenvalue weighted by atomic mass is 19.1. The van der Waals surface area contributed by atoms with E-state index in [2.05, 4.69) is 5.32 Å². The van der Waals surface area contributed by atoms with Crippen LogP contribution in [-0.2, 0) is 4.79 Å². The number of carbonyl (C=O) groups is 2. The number of hydrogen-bond donors (Lipinski definition) is 2. The van der Waals surface area contributed by atoms with Gasteiger partial charge in [0.1, 0.15) is 5.82 Å². The molecule has 1 atom stereocenters. The largest absolute Gasteiger partial charge is 0.478 e. The molecule has 4 nitrogen and oxygen atoms in total. The zero-order chi connectivity index (χ0) is 16.2. The van der Waals surface area contributed by atoms with E-state index in [1.807, 2.05) is 27.7 Å². The van der Waals surface area contributed by atoms with E-state index in [1.165, 1.54) is 18.2 Å². The molecule has 0 aliphatic rings. The van der Waals surface area contributed by atoms with Gasteiger partial charge < -0.3 is 10.4 Å². The standard InChI is InChI=1S/C16H20FNO3/c1-10(16(2,3)4)18-15(21)12-9-11(5-7-13(12)17)6-8-14(19)20/h5-10H,1-4H3,(H,18,21)(H,19,20)/b8-6+. The van der Waals surface area contributed by atoms with Gasteiger partial charge in [0.15, 0.2) is 0 Å². The van der Waals surface area contributed by atoms with Gasteiger partial charge in [0.2, 0.25) is 0 Å². The second-order valence-electron chi connectivity index (χ2n) is 5.97. The van der Waals surface area contributed by atoms with E-state index in [4.69, 9.17) is 5.11 Å². The minimum Gasteiger partial charge on any atom is -0.478 e. The minimum atomic E-state index is -1.10. The third-order valence-corrected chi connectivity index (χ3v) is 3.30. The molecule has 1 amide bonds. The molecule has 0 aliphatic heterocycles. The Balaban J connectivity index is 2.99. The van der Waals surface area contributed by atoms with E-state index in [1.54, 1.807) is 0 Å². The summed E-state index contributed by atoms with van der Waals surface area (Å²) in [5.74, 6) is -2.26. The quantitative estimate of drug-likeness (QED) is 0.838. The number of carboxylic acid groups (broad SMARTS) is 1. The Hall–Kier alpha value is -2.17. The van der Waals surface area contributed by atoms with Gasteiger partial charge in [-0.25, -0.2) is 9.18 Å². The molecule has 0 bridgehead atoms. The lowest BCUT2D eigenvalue weighted by atomic mass is 9.88. The van der Waals surface area contributed by atoms with Crippen molar-refractivity contribution < 1.29 is 19.1 Å². The van der Waals surface area contributed by atoms with Gasteiger partial charge in [-0.05, 0) is 36.1 Å². The first kappa shape index (κ1) is 16.9. The van der Waals surface area contributed by atoms with Gasteiger partial charge >= 0.3 is 5.97 Å².